The average molecular weight is 279 g/mol. The van der Waals surface area contributed by atoms with E-state index in [1.165, 1.54) is 0 Å². The SMILES string of the molecule is COc1cc(BN(C(C)C)C(C)C)cc(OC)c1OC. The highest BCUT2D eigenvalue weighted by Gasteiger charge is 2.19. The van der Waals surface area contributed by atoms with Crippen LogP contribution in [0.25, 0.3) is 0 Å². The second kappa shape index (κ2) is 7.43. The molecule has 112 valence electrons. The first-order valence-corrected chi connectivity index (χ1v) is 6.99. The third-order valence-corrected chi connectivity index (χ3v) is 3.42. The van der Waals surface area contributed by atoms with Crippen LogP contribution in [0.5, 0.6) is 17.2 Å². The van der Waals surface area contributed by atoms with E-state index in [9.17, 15) is 0 Å². The average Bonchev–Trinajstić information content (AvgIpc) is 2.42. The van der Waals surface area contributed by atoms with Gasteiger partial charge in [-0.05, 0) is 24.2 Å². The Kier molecular flexibility index (Phi) is 6.21. The zero-order valence-corrected chi connectivity index (χ0v) is 13.7. The number of methoxy groups -OCH3 is 3. The van der Waals surface area contributed by atoms with E-state index in [2.05, 4.69) is 32.5 Å². The molecule has 0 N–H and O–H groups in total. The van der Waals surface area contributed by atoms with Gasteiger partial charge in [-0.2, -0.15) is 0 Å². The van der Waals surface area contributed by atoms with Crippen LogP contribution in [0.4, 0.5) is 0 Å². The van der Waals surface area contributed by atoms with Crippen molar-refractivity contribution >= 4 is 12.9 Å². The second-order valence-corrected chi connectivity index (χ2v) is 5.39. The molecule has 1 aromatic rings. The lowest BCUT2D eigenvalue weighted by molar-refractivity contribution is 0.314. The normalized spacial score (nSPS) is 11.1. The summed E-state index contributed by atoms with van der Waals surface area (Å²) >= 11 is 0. The minimum absolute atomic E-state index is 0.481. The van der Waals surface area contributed by atoms with E-state index < -0.39 is 0 Å². The van der Waals surface area contributed by atoms with Crippen molar-refractivity contribution in [3.05, 3.63) is 12.1 Å². The maximum atomic E-state index is 5.40. The fourth-order valence-corrected chi connectivity index (χ4v) is 2.40. The predicted molar refractivity (Wildman–Crippen MR) is 85.0 cm³/mol. The summed E-state index contributed by atoms with van der Waals surface area (Å²) in [5, 5.41) is 0. The first-order chi connectivity index (χ1) is 9.44. The van der Waals surface area contributed by atoms with Gasteiger partial charge < -0.3 is 19.0 Å². The first-order valence-electron chi connectivity index (χ1n) is 6.99. The first kappa shape index (κ1) is 16.7. The third kappa shape index (κ3) is 3.82. The fourth-order valence-electron chi connectivity index (χ4n) is 2.40. The molecule has 0 spiro atoms. The van der Waals surface area contributed by atoms with Gasteiger partial charge >= 0.3 is 0 Å². The van der Waals surface area contributed by atoms with E-state index in [1.807, 2.05) is 12.1 Å². The van der Waals surface area contributed by atoms with Crippen LogP contribution in [0, 0.1) is 0 Å². The molecule has 4 nitrogen and oxygen atoms in total. The van der Waals surface area contributed by atoms with Crippen molar-refractivity contribution in [2.75, 3.05) is 21.3 Å². The monoisotopic (exact) mass is 279 g/mol. The summed E-state index contributed by atoms with van der Waals surface area (Å²) < 4.78 is 16.1. The minimum atomic E-state index is 0.481. The van der Waals surface area contributed by atoms with Crippen molar-refractivity contribution in [3.63, 3.8) is 0 Å². The molecule has 0 aromatic heterocycles. The van der Waals surface area contributed by atoms with Gasteiger partial charge in [-0.15, -0.1) is 0 Å². The van der Waals surface area contributed by atoms with Crippen LogP contribution in [0.3, 0.4) is 0 Å². The van der Waals surface area contributed by atoms with Gasteiger partial charge in [-0.3, -0.25) is 0 Å². The molecule has 0 bridgehead atoms. The molecule has 0 unspecified atom stereocenters. The molecule has 0 aliphatic rings. The molecule has 0 heterocycles. The van der Waals surface area contributed by atoms with Crippen LogP contribution in [0.15, 0.2) is 12.1 Å². The van der Waals surface area contributed by atoms with E-state index in [0.717, 1.165) is 12.9 Å². The smallest absolute Gasteiger partial charge is 0.239 e. The summed E-state index contributed by atoms with van der Waals surface area (Å²) in [6.45, 7) is 8.83. The van der Waals surface area contributed by atoms with Gasteiger partial charge in [-0.1, -0.05) is 33.2 Å². The van der Waals surface area contributed by atoms with Crippen LogP contribution in [0.2, 0.25) is 0 Å². The molecular formula is C15H26BNO3. The molecule has 0 amide bonds. The standard InChI is InChI=1S/C15H26BNO3/c1-10(2)17(11(3)4)16-12-8-13(18-5)15(20-7)14(9-12)19-6/h8-11,16H,1-7H3. The number of benzene rings is 1. The van der Waals surface area contributed by atoms with Crippen LogP contribution in [-0.4, -0.2) is 45.6 Å². The molecule has 0 saturated heterocycles. The number of rotatable bonds is 7. The van der Waals surface area contributed by atoms with E-state index in [4.69, 9.17) is 14.2 Å². The molecule has 1 rings (SSSR count). The van der Waals surface area contributed by atoms with Crippen molar-refractivity contribution in [2.45, 2.75) is 39.8 Å². The maximum Gasteiger partial charge on any atom is 0.239 e. The summed E-state index contributed by atoms with van der Waals surface area (Å²) in [6.07, 6.45) is 0. The number of ether oxygens (including phenoxy) is 3. The van der Waals surface area contributed by atoms with Gasteiger partial charge in [0.05, 0.1) is 21.3 Å². The van der Waals surface area contributed by atoms with Crippen molar-refractivity contribution in [2.24, 2.45) is 0 Å². The number of hydrogen-bond donors (Lipinski definition) is 0. The largest absolute Gasteiger partial charge is 0.493 e. The molecule has 1 aromatic carbocycles. The van der Waals surface area contributed by atoms with Crippen LogP contribution >= 0.6 is 0 Å². The molecule has 0 aliphatic heterocycles. The van der Waals surface area contributed by atoms with Gasteiger partial charge in [0.15, 0.2) is 11.5 Å². The van der Waals surface area contributed by atoms with Crippen molar-refractivity contribution in [3.8, 4) is 17.2 Å². The Bertz CT molecular complexity index is 402. The summed E-state index contributed by atoms with van der Waals surface area (Å²) in [5.41, 5.74) is 1.15. The van der Waals surface area contributed by atoms with Gasteiger partial charge in [0.25, 0.3) is 0 Å². The molecule has 20 heavy (non-hydrogen) atoms. The maximum absolute atomic E-state index is 5.40. The van der Waals surface area contributed by atoms with Gasteiger partial charge in [0.2, 0.25) is 13.2 Å². The highest BCUT2D eigenvalue weighted by molar-refractivity contribution is 6.51. The van der Waals surface area contributed by atoms with E-state index in [1.54, 1.807) is 21.3 Å². The van der Waals surface area contributed by atoms with Crippen molar-refractivity contribution < 1.29 is 14.2 Å². The molecule has 5 heteroatoms. The van der Waals surface area contributed by atoms with Crippen LogP contribution < -0.4 is 19.7 Å². The highest BCUT2D eigenvalue weighted by Crippen LogP contribution is 2.35. The molecule has 0 aliphatic carbocycles. The molecular weight excluding hydrogens is 253 g/mol. The van der Waals surface area contributed by atoms with Crippen molar-refractivity contribution in [1.29, 1.82) is 0 Å². The lowest BCUT2D eigenvalue weighted by Gasteiger charge is -2.30. The van der Waals surface area contributed by atoms with Gasteiger partial charge in [0.1, 0.15) is 0 Å². The second-order valence-electron chi connectivity index (χ2n) is 5.39. The molecule has 0 atom stereocenters. The third-order valence-electron chi connectivity index (χ3n) is 3.42. The van der Waals surface area contributed by atoms with Gasteiger partial charge in [0, 0.05) is 0 Å². The lowest BCUT2D eigenvalue weighted by Crippen LogP contribution is -2.45. The zero-order valence-electron chi connectivity index (χ0n) is 13.7. The van der Waals surface area contributed by atoms with E-state index in [-0.39, 0.29) is 0 Å². The Labute approximate surface area is 123 Å². The topological polar surface area (TPSA) is 30.9 Å². The summed E-state index contributed by atoms with van der Waals surface area (Å²) in [6, 6.07) is 4.99. The Morgan fingerprint density at radius 3 is 1.60 bits per heavy atom. The summed E-state index contributed by atoms with van der Waals surface area (Å²) in [4.78, 5) is 2.42. The molecule has 0 saturated carbocycles. The van der Waals surface area contributed by atoms with Crippen LogP contribution in [0.1, 0.15) is 27.7 Å². The van der Waals surface area contributed by atoms with Crippen LogP contribution in [-0.2, 0) is 0 Å². The fraction of sp³-hybridized carbons (Fsp3) is 0.600. The lowest BCUT2D eigenvalue weighted by atomic mass is 9.77. The number of nitrogens with zero attached hydrogens (tertiary/aromatic N) is 1. The van der Waals surface area contributed by atoms with E-state index in [0.29, 0.717) is 29.3 Å². The highest BCUT2D eigenvalue weighted by atomic mass is 16.5. The summed E-state index contributed by atoms with van der Waals surface area (Å²) in [7, 11) is 5.76. The zero-order chi connectivity index (χ0) is 15.3. The predicted octanol–water partition coefficient (Wildman–Crippen LogP) is 1.81. The molecule has 0 radical (unpaired) electrons. The summed E-state index contributed by atoms with van der Waals surface area (Å²) in [5.74, 6) is 2.04. The Morgan fingerprint density at radius 2 is 1.30 bits per heavy atom. The minimum Gasteiger partial charge on any atom is -0.493 e. The Morgan fingerprint density at radius 1 is 0.850 bits per heavy atom. The molecule has 0 fully saturated rings. The van der Waals surface area contributed by atoms with Crippen molar-refractivity contribution in [1.82, 2.24) is 4.81 Å². The Hall–Kier alpha value is -1.36. The Balaban J connectivity index is 3.12. The van der Waals surface area contributed by atoms with E-state index >= 15 is 0 Å². The number of hydrogen-bond acceptors (Lipinski definition) is 4. The quantitative estimate of drug-likeness (QED) is 0.712. The van der Waals surface area contributed by atoms with Gasteiger partial charge in [-0.25, -0.2) is 0 Å².